The summed E-state index contributed by atoms with van der Waals surface area (Å²) >= 11 is 0. The second kappa shape index (κ2) is 5.06. The highest BCUT2D eigenvalue weighted by Gasteiger charge is 1.92. The molecule has 0 rings (SSSR count). The number of ether oxygens (including phenoxy) is 1. The van der Waals surface area contributed by atoms with Gasteiger partial charge in [0.1, 0.15) is 12.0 Å². The van der Waals surface area contributed by atoms with Gasteiger partial charge in [0.15, 0.2) is 0 Å². The van der Waals surface area contributed by atoms with Gasteiger partial charge < -0.3 is 4.74 Å². The van der Waals surface area contributed by atoms with E-state index in [9.17, 15) is 9.59 Å². The van der Waals surface area contributed by atoms with Gasteiger partial charge in [-0.3, -0.25) is 0 Å². The summed E-state index contributed by atoms with van der Waals surface area (Å²) in [5, 5.41) is 0. The third-order valence-corrected chi connectivity index (χ3v) is 0.625. The van der Waals surface area contributed by atoms with Crippen molar-refractivity contribution in [1.82, 2.24) is 0 Å². The van der Waals surface area contributed by atoms with Crippen LogP contribution < -0.4 is 0 Å². The van der Waals surface area contributed by atoms with Crippen molar-refractivity contribution in [3.05, 3.63) is 6.08 Å². The molecule has 0 heterocycles. The average Bonchev–Trinajstić information content (AvgIpc) is 1.85. The first-order valence-electron chi connectivity index (χ1n) is 2.69. The van der Waals surface area contributed by atoms with Gasteiger partial charge in [-0.25, -0.2) is 9.59 Å². The highest BCUT2D eigenvalue weighted by atomic mass is 16.5. The normalized spacial score (nSPS) is 7.67. The van der Waals surface area contributed by atoms with Crippen LogP contribution in [0.2, 0.25) is 0 Å². The minimum Gasteiger partial charge on any atom is -0.462 e. The van der Waals surface area contributed by atoms with Crippen molar-refractivity contribution in [2.24, 2.45) is 0 Å². The van der Waals surface area contributed by atoms with Crippen LogP contribution >= 0.6 is 0 Å². The molecule has 0 saturated heterocycles. The minimum atomic E-state index is -0.619. The van der Waals surface area contributed by atoms with E-state index in [2.05, 4.69) is 4.74 Å². The first-order chi connectivity index (χ1) is 4.31. The molecular weight excluding hydrogens is 120 g/mol. The quantitative estimate of drug-likeness (QED) is 0.312. The lowest BCUT2D eigenvalue weighted by Gasteiger charge is -1.94. The molecule has 50 valence electrons. The molecule has 0 atom stereocenters. The molecule has 0 radical (unpaired) electrons. The summed E-state index contributed by atoms with van der Waals surface area (Å²) in [6, 6.07) is 0. The van der Waals surface area contributed by atoms with Crippen LogP contribution in [0.3, 0.4) is 0 Å². The molecule has 0 N–H and O–H groups in total. The molecule has 0 aliphatic rings. The molecule has 0 spiro atoms. The van der Waals surface area contributed by atoms with Gasteiger partial charge in [0, 0.05) is 0 Å². The van der Waals surface area contributed by atoms with Crippen molar-refractivity contribution in [3.63, 3.8) is 0 Å². The molecule has 0 saturated carbocycles. The molecule has 0 aliphatic carbocycles. The van der Waals surface area contributed by atoms with Crippen molar-refractivity contribution in [3.8, 4) is 0 Å². The molecule has 0 aromatic heterocycles. The van der Waals surface area contributed by atoms with Gasteiger partial charge in [-0.2, -0.15) is 0 Å². The summed E-state index contributed by atoms with van der Waals surface area (Å²) in [5.74, 6) is 0.708. The number of carbonyl (C=O) groups is 1. The molecule has 0 aromatic carbocycles. The maximum absolute atomic E-state index is 10.3. The van der Waals surface area contributed by atoms with Crippen LogP contribution in [-0.4, -0.2) is 18.5 Å². The molecule has 0 unspecified atom stereocenters. The number of carbonyl (C=O) groups excluding carboxylic acids is 2. The Morgan fingerprint density at radius 2 is 2.44 bits per heavy atom. The van der Waals surface area contributed by atoms with E-state index in [4.69, 9.17) is 0 Å². The van der Waals surface area contributed by atoms with Gasteiger partial charge in [0.25, 0.3) is 0 Å². The summed E-state index contributed by atoms with van der Waals surface area (Å²) < 4.78 is 4.47. The van der Waals surface area contributed by atoms with Crippen LogP contribution in [0, 0.1) is 0 Å². The molecule has 0 aliphatic heterocycles. The summed E-state index contributed by atoms with van der Waals surface area (Å²) in [5.41, 5.74) is 0. The fraction of sp³-hybridized carbons (Fsp3) is 0.500. The molecule has 0 fully saturated rings. The smallest absolute Gasteiger partial charge is 0.341 e. The zero-order chi connectivity index (χ0) is 7.11. The highest BCUT2D eigenvalue weighted by Crippen LogP contribution is 1.80. The van der Waals surface area contributed by atoms with Crippen LogP contribution in [0.5, 0.6) is 0 Å². The molecule has 0 amide bonds. The predicted octanol–water partition coefficient (Wildman–Crippen LogP) is 0.327. The van der Waals surface area contributed by atoms with Gasteiger partial charge in [-0.1, -0.05) is 6.92 Å². The van der Waals surface area contributed by atoms with Crippen molar-refractivity contribution < 1.29 is 14.3 Å². The number of esters is 1. The number of rotatable bonds is 3. The van der Waals surface area contributed by atoms with E-state index in [1.165, 1.54) is 5.94 Å². The van der Waals surface area contributed by atoms with E-state index in [0.717, 1.165) is 12.5 Å². The Labute approximate surface area is 53.3 Å². The monoisotopic (exact) mass is 128 g/mol. The lowest BCUT2D eigenvalue weighted by atomic mass is 10.5. The van der Waals surface area contributed by atoms with Crippen LogP contribution in [0.25, 0.3) is 0 Å². The first-order valence-corrected chi connectivity index (χ1v) is 2.69. The van der Waals surface area contributed by atoms with E-state index in [1.54, 1.807) is 0 Å². The standard InChI is InChI=1S/C6H8O3/c1-2-5-9-6(8)3-4-7/h3H,2,5H2,1H3. The van der Waals surface area contributed by atoms with Crippen LogP contribution in [0.15, 0.2) is 6.08 Å². The molecule has 0 bridgehead atoms. The van der Waals surface area contributed by atoms with Crippen LogP contribution in [-0.2, 0) is 14.3 Å². The maximum atomic E-state index is 10.3. The van der Waals surface area contributed by atoms with E-state index in [-0.39, 0.29) is 0 Å². The summed E-state index contributed by atoms with van der Waals surface area (Å²) in [6.07, 6.45) is 1.49. The van der Waals surface area contributed by atoms with Gasteiger partial charge >= 0.3 is 5.97 Å². The second-order valence-electron chi connectivity index (χ2n) is 1.43. The fourth-order valence-corrected chi connectivity index (χ4v) is 0.292. The van der Waals surface area contributed by atoms with Crippen LogP contribution in [0.4, 0.5) is 0 Å². The van der Waals surface area contributed by atoms with E-state index in [1.807, 2.05) is 6.92 Å². The molecule has 3 heteroatoms. The Balaban J connectivity index is 3.39. The van der Waals surface area contributed by atoms with Crippen molar-refractivity contribution in [1.29, 1.82) is 0 Å². The highest BCUT2D eigenvalue weighted by molar-refractivity contribution is 5.89. The Morgan fingerprint density at radius 1 is 1.78 bits per heavy atom. The summed E-state index contributed by atoms with van der Waals surface area (Å²) in [6.45, 7) is 2.23. The third kappa shape index (κ3) is 4.78. The Morgan fingerprint density at radius 3 is 2.89 bits per heavy atom. The Bertz CT molecular complexity index is 133. The van der Waals surface area contributed by atoms with Gasteiger partial charge in [0.2, 0.25) is 0 Å². The largest absolute Gasteiger partial charge is 0.462 e. The van der Waals surface area contributed by atoms with E-state index >= 15 is 0 Å². The van der Waals surface area contributed by atoms with Crippen LogP contribution in [0.1, 0.15) is 13.3 Å². The Hall–Kier alpha value is -1.08. The maximum Gasteiger partial charge on any atom is 0.341 e. The number of hydrogen-bond donors (Lipinski definition) is 0. The fourth-order valence-electron chi connectivity index (χ4n) is 0.292. The summed E-state index contributed by atoms with van der Waals surface area (Å²) in [4.78, 5) is 19.8. The lowest BCUT2D eigenvalue weighted by molar-refractivity contribution is -0.137. The molecule has 9 heavy (non-hydrogen) atoms. The van der Waals surface area contributed by atoms with Crippen molar-refractivity contribution in [2.75, 3.05) is 6.61 Å². The van der Waals surface area contributed by atoms with Gasteiger partial charge in [-0.05, 0) is 6.42 Å². The predicted molar refractivity (Wildman–Crippen MR) is 31.5 cm³/mol. The molecule has 0 aromatic rings. The number of hydrogen-bond acceptors (Lipinski definition) is 3. The Kier molecular flexibility index (Phi) is 4.46. The van der Waals surface area contributed by atoms with Crippen molar-refractivity contribution in [2.45, 2.75) is 13.3 Å². The van der Waals surface area contributed by atoms with Gasteiger partial charge in [-0.15, -0.1) is 0 Å². The lowest BCUT2D eigenvalue weighted by Crippen LogP contribution is -2.00. The SMILES string of the molecule is CCCOC(=O)C=C=O. The third-order valence-electron chi connectivity index (χ3n) is 0.625. The van der Waals surface area contributed by atoms with E-state index < -0.39 is 5.97 Å². The zero-order valence-corrected chi connectivity index (χ0v) is 5.22. The zero-order valence-electron chi connectivity index (χ0n) is 5.22. The summed E-state index contributed by atoms with van der Waals surface area (Å²) in [7, 11) is 0. The minimum absolute atomic E-state index is 0.358. The first kappa shape index (κ1) is 7.92. The second-order valence-corrected chi connectivity index (χ2v) is 1.43. The van der Waals surface area contributed by atoms with E-state index in [0.29, 0.717) is 6.61 Å². The average molecular weight is 128 g/mol. The van der Waals surface area contributed by atoms with Gasteiger partial charge in [0.05, 0.1) is 6.61 Å². The topological polar surface area (TPSA) is 43.4 Å². The molecule has 3 nitrogen and oxygen atoms in total. The molecular formula is C6H8O3. The van der Waals surface area contributed by atoms with Crippen molar-refractivity contribution >= 4 is 11.9 Å².